The van der Waals surface area contributed by atoms with Crippen molar-refractivity contribution in [3.8, 4) is 0 Å². The number of benzene rings is 1. The van der Waals surface area contributed by atoms with Crippen molar-refractivity contribution in [1.29, 1.82) is 0 Å². The first-order valence-corrected chi connectivity index (χ1v) is 8.18. The van der Waals surface area contributed by atoms with E-state index in [1.807, 2.05) is 0 Å². The van der Waals surface area contributed by atoms with Crippen LogP contribution in [0.4, 0.5) is 0 Å². The molecule has 3 atom stereocenters. The molecule has 0 aromatic heterocycles. The molecular formula is C18H30N2. The van der Waals surface area contributed by atoms with Crippen LogP contribution in [0.25, 0.3) is 0 Å². The summed E-state index contributed by atoms with van der Waals surface area (Å²) in [4.78, 5) is 2.55. The van der Waals surface area contributed by atoms with E-state index in [1.165, 1.54) is 36.8 Å². The molecule has 1 saturated carbocycles. The van der Waals surface area contributed by atoms with Crippen LogP contribution >= 0.6 is 0 Å². The highest BCUT2D eigenvalue weighted by Crippen LogP contribution is 2.32. The minimum absolute atomic E-state index is 0.470. The van der Waals surface area contributed by atoms with Gasteiger partial charge in [-0.15, -0.1) is 0 Å². The van der Waals surface area contributed by atoms with Gasteiger partial charge < -0.3 is 5.73 Å². The topological polar surface area (TPSA) is 29.3 Å². The Labute approximate surface area is 124 Å². The van der Waals surface area contributed by atoms with Crippen molar-refractivity contribution in [2.75, 3.05) is 13.6 Å². The van der Waals surface area contributed by atoms with Gasteiger partial charge in [-0.1, -0.05) is 44.0 Å². The quantitative estimate of drug-likeness (QED) is 0.886. The van der Waals surface area contributed by atoms with Crippen molar-refractivity contribution in [2.24, 2.45) is 11.7 Å². The summed E-state index contributed by atoms with van der Waals surface area (Å²) in [7, 11) is 2.27. The Morgan fingerprint density at radius 3 is 2.45 bits per heavy atom. The Bertz CT molecular complexity index is 398. The summed E-state index contributed by atoms with van der Waals surface area (Å²) >= 11 is 0. The number of rotatable bonds is 5. The highest BCUT2D eigenvalue weighted by atomic mass is 15.2. The second kappa shape index (κ2) is 7.24. The van der Waals surface area contributed by atoms with Gasteiger partial charge in [0.15, 0.2) is 0 Å². The zero-order chi connectivity index (χ0) is 14.5. The number of hydrogen-bond donors (Lipinski definition) is 1. The number of nitrogens with zero attached hydrogens (tertiary/aromatic N) is 1. The van der Waals surface area contributed by atoms with Gasteiger partial charge in [-0.05, 0) is 56.8 Å². The van der Waals surface area contributed by atoms with E-state index >= 15 is 0 Å². The molecule has 2 rings (SSSR count). The standard InChI is InChI=1S/C18H30N2/c1-4-15-9-11-16(12-10-15)14(2)20(3)18-8-6-5-7-17(18)13-19/h9-12,14,17-18H,4-8,13,19H2,1-3H3. The van der Waals surface area contributed by atoms with Crippen molar-refractivity contribution >= 4 is 0 Å². The minimum atomic E-state index is 0.470. The molecule has 1 aliphatic rings. The summed E-state index contributed by atoms with van der Waals surface area (Å²) in [5, 5.41) is 0. The van der Waals surface area contributed by atoms with E-state index in [1.54, 1.807) is 0 Å². The molecule has 2 heteroatoms. The van der Waals surface area contributed by atoms with Crippen LogP contribution < -0.4 is 5.73 Å². The van der Waals surface area contributed by atoms with Gasteiger partial charge in [0.05, 0.1) is 0 Å². The molecule has 2 N–H and O–H groups in total. The third-order valence-corrected chi connectivity index (χ3v) is 5.18. The van der Waals surface area contributed by atoms with Gasteiger partial charge >= 0.3 is 0 Å². The van der Waals surface area contributed by atoms with Crippen molar-refractivity contribution in [1.82, 2.24) is 4.90 Å². The number of aryl methyl sites for hydroxylation is 1. The molecule has 0 heterocycles. The predicted octanol–water partition coefficient (Wildman–Crippen LogP) is 3.76. The molecular weight excluding hydrogens is 244 g/mol. The molecule has 0 amide bonds. The van der Waals surface area contributed by atoms with Crippen LogP contribution in [0.2, 0.25) is 0 Å². The molecule has 0 aliphatic heterocycles. The number of hydrogen-bond acceptors (Lipinski definition) is 2. The Morgan fingerprint density at radius 2 is 1.85 bits per heavy atom. The summed E-state index contributed by atoms with van der Waals surface area (Å²) < 4.78 is 0. The van der Waals surface area contributed by atoms with Gasteiger partial charge in [-0.2, -0.15) is 0 Å². The largest absolute Gasteiger partial charge is 0.330 e. The molecule has 0 bridgehead atoms. The van der Waals surface area contributed by atoms with Gasteiger partial charge in [0.1, 0.15) is 0 Å². The predicted molar refractivity (Wildman–Crippen MR) is 86.8 cm³/mol. The Balaban J connectivity index is 2.07. The number of nitrogens with two attached hydrogens (primary N) is 1. The van der Waals surface area contributed by atoms with Crippen LogP contribution in [-0.2, 0) is 6.42 Å². The average molecular weight is 274 g/mol. The monoisotopic (exact) mass is 274 g/mol. The first-order chi connectivity index (χ1) is 9.67. The maximum atomic E-state index is 5.98. The van der Waals surface area contributed by atoms with E-state index in [9.17, 15) is 0 Å². The van der Waals surface area contributed by atoms with Gasteiger partial charge in [-0.25, -0.2) is 0 Å². The third kappa shape index (κ3) is 3.42. The van der Waals surface area contributed by atoms with Crippen molar-refractivity contribution in [3.63, 3.8) is 0 Å². The minimum Gasteiger partial charge on any atom is -0.330 e. The van der Waals surface area contributed by atoms with Gasteiger partial charge in [0.2, 0.25) is 0 Å². The molecule has 0 spiro atoms. The van der Waals surface area contributed by atoms with Crippen LogP contribution in [0, 0.1) is 5.92 Å². The summed E-state index contributed by atoms with van der Waals surface area (Å²) in [6.07, 6.45) is 6.42. The van der Waals surface area contributed by atoms with Crippen LogP contribution in [-0.4, -0.2) is 24.5 Å². The fraction of sp³-hybridized carbons (Fsp3) is 0.667. The fourth-order valence-electron chi connectivity index (χ4n) is 3.55. The zero-order valence-corrected chi connectivity index (χ0v) is 13.3. The summed E-state index contributed by atoms with van der Waals surface area (Å²) in [5.41, 5.74) is 8.82. The van der Waals surface area contributed by atoms with E-state index in [2.05, 4.69) is 50.1 Å². The lowest BCUT2D eigenvalue weighted by molar-refractivity contribution is 0.0989. The molecule has 0 saturated heterocycles. The first kappa shape index (κ1) is 15.5. The molecule has 20 heavy (non-hydrogen) atoms. The smallest absolute Gasteiger partial charge is 0.0319 e. The van der Waals surface area contributed by atoms with E-state index in [0.717, 1.165) is 13.0 Å². The van der Waals surface area contributed by atoms with Crippen molar-refractivity contribution in [3.05, 3.63) is 35.4 Å². The van der Waals surface area contributed by atoms with Crippen LogP contribution in [0.5, 0.6) is 0 Å². The highest BCUT2D eigenvalue weighted by Gasteiger charge is 2.29. The van der Waals surface area contributed by atoms with Crippen LogP contribution in [0.3, 0.4) is 0 Å². The molecule has 3 unspecified atom stereocenters. The summed E-state index contributed by atoms with van der Waals surface area (Å²) in [6, 6.07) is 10.2. The van der Waals surface area contributed by atoms with Gasteiger partial charge in [0, 0.05) is 12.1 Å². The van der Waals surface area contributed by atoms with E-state index in [-0.39, 0.29) is 0 Å². The van der Waals surface area contributed by atoms with E-state index in [0.29, 0.717) is 18.0 Å². The molecule has 0 radical (unpaired) electrons. The van der Waals surface area contributed by atoms with Gasteiger partial charge in [0.25, 0.3) is 0 Å². The maximum absolute atomic E-state index is 5.98. The lowest BCUT2D eigenvalue weighted by Crippen LogP contribution is -2.44. The normalized spacial score (nSPS) is 24.9. The molecule has 1 aromatic carbocycles. The lowest BCUT2D eigenvalue weighted by atomic mass is 9.83. The molecule has 1 aromatic rings. The molecule has 1 fully saturated rings. The average Bonchev–Trinajstić information content (AvgIpc) is 2.53. The van der Waals surface area contributed by atoms with Gasteiger partial charge in [-0.3, -0.25) is 4.90 Å². The molecule has 112 valence electrons. The van der Waals surface area contributed by atoms with Crippen LogP contribution in [0.15, 0.2) is 24.3 Å². The second-order valence-corrected chi connectivity index (χ2v) is 6.28. The van der Waals surface area contributed by atoms with Crippen LogP contribution in [0.1, 0.15) is 56.7 Å². The van der Waals surface area contributed by atoms with E-state index in [4.69, 9.17) is 5.73 Å². The van der Waals surface area contributed by atoms with Crippen molar-refractivity contribution < 1.29 is 0 Å². The Morgan fingerprint density at radius 1 is 1.20 bits per heavy atom. The third-order valence-electron chi connectivity index (χ3n) is 5.18. The highest BCUT2D eigenvalue weighted by molar-refractivity contribution is 5.24. The molecule has 2 nitrogen and oxygen atoms in total. The second-order valence-electron chi connectivity index (χ2n) is 6.28. The summed E-state index contributed by atoms with van der Waals surface area (Å²) in [6.45, 7) is 5.36. The van der Waals surface area contributed by atoms with E-state index < -0.39 is 0 Å². The Hall–Kier alpha value is -0.860. The lowest BCUT2D eigenvalue weighted by Gasteiger charge is -2.40. The Kier molecular flexibility index (Phi) is 5.62. The summed E-state index contributed by atoms with van der Waals surface area (Å²) in [5.74, 6) is 0.672. The first-order valence-electron chi connectivity index (χ1n) is 8.18. The zero-order valence-electron chi connectivity index (χ0n) is 13.3. The molecule has 1 aliphatic carbocycles. The SMILES string of the molecule is CCc1ccc(C(C)N(C)C2CCCCC2CN)cc1. The fourth-order valence-corrected chi connectivity index (χ4v) is 3.55. The van der Waals surface area contributed by atoms with Crippen molar-refractivity contribution in [2.45, 2.75) is 58.0 Å². The maximum Gasteiger partial charge on any atom is 0.0319 e.